The number of aromatic nitrogens is 3. The van der Waals surface area contributed by atoms with Gasteiger partial charge >= 0.3 is 0 Å². The van der Waals surface area contributed by atoms with Gasteiger partial charge in [0.1, 0.15) is 5.75 Å². The third-order valence-electron chi connectivity index (χ3n) is 3.49. The lowest BCUT2D eigenvalue weighted by Crippen LogP contribution is -2.22. The first-order chi connectivity index (χ1) is 11.9. The van der Waals surface area contributed by atoms with Crippen LogP contribution in [0.5, 0.6) is 11.6 Å². The molecule has 3 aromatic rings. The fourth-order valence-electron chi connectivity index (χ4n) is 2.30. The van der Waals surface area contributed by atoms with Crippen molar-refractivity contribution in [3.05, 3.63) is 54.6 Å². The van der Waals surface area contributed by atoms with Crippen LogP contribution in [-0.4, -0.2) is 34.9 Å². The van der Waals surface area contributed by atoms with Crippen molar-refractivity contribution in [2.24, 2.45) is 0 Å². The van der Waals surface area contributed by atoms with Crippen LogP contribution in [-0.2, 0) is 9.47 Å². The summed E-state index contributed by atoms with van der Waals surface area (Å²) in [6.07, 6.45) is 1.33. The summed E-state index contributed by atoms with van der Waals surface area (Å²) in [4.78, 5) is 8.63. The van der Waals surface area contributed by atoms with Crippen molar-refractivity contribution >= 4 is 0 Å². The maximum absolute atomic E-state index is 5.66. The molecule has 7 heteroatoms. The molecule has 0 aliphatic carbocycles. The molecule has 0 bridgehead atoms. The molecule has 2 aromatic heterocycles. The van der Waals surface area contributed by atoms with Gasteiger partial charge in [-0.3, -0.25) is 0 Å². The van der Waals surface area contributed by atoms with Gasteiger partial charge in [0, 0.05) is 17.8 Å². The van der Waals surface area contributed by atoms with Crippen molar-refractivity contribution in [3.63, 3.8) is 0 Å². The zero-order chi connectivity index (χ0) is 16.2. The molecule has 0 N–H and O–H groups in total. The Labute approximate surface area is 138 Å². The second kappa shape index (κ2) is 6.77. The molecule has 0 amide bonds. The Bertz CT molecular complexity index is 783. The van der Waals surface area contributed by atoms with Crippen LogP contribution in [0.2, 0.25) is 0 Å². The van der Waals surface area contributed by atoms with Crippen LogP contribution in [0.25, 0.3) is 11.4 Å². The van der Waals surface area contributed by atoms with Crippen molar-refractivity contribution in [2.45, 2.75) is 6.10 Å². The predicted octanol–water partition coefficient (Wildman–Crippen LogP) is 3.01. The maximum Gasteiger partial charge on any atom is 0.258 e. The van der Waals surface area contributed by atoms with E-state index in [0.29, 0.717) is 37.4 Å². The number of nitrogens with zero attached hydrogens (tertiary/aromatic N) is 3. The van der Waals surface area contributed by atoms with E-state index in [9.17, 15) is 0 Å². The van der Waals surface area contributed by atoms with E-state index < -0.39 is 0 Å². The van der Waals surface area contributed by atoms with E-state index >= 15 is 0 Å². The molecule has 3 heterocycles. The number of rotatable bonds is 4. The van der Waals surface area contributed by atoms with Crippen LogP contribution >= 0.6 is 0 Å². The Morgan fingerprint density at radius 2 is 1.96 bits per heavy atom. The smallest absolute Gasteiger partial charge is 0.258 e. The largest absolute Gasteiger partial charge is 0.439 e. The van der Waals surface area contributed by atoms with Crippen molar-refractivity contribution in [1.82, 2.24) is 15.1 Å². The Kier molecular flexibility index (Phi) is 4.18. The number of hydrogen-bond acceptors (Lipinski definition) is 7. The fraction of sp³-hybridized carbons (Fsp3) is 0.235. The molecule has 0 spiro atoms. The second-order valence-corrected chi connectivity index (χ2v) is 5.19. The molecule has 1 atom stereocenters. The third kappa shape index (κ3) is 3.27. The SMILES string of the molecule is c1ccc(Oc2ccc(-c3noc([C@H]4COCCO4)n3)cn2)cc1. The highest BCUT2D eigenvalue weighted by molar-refractivity contribution is 5.53. The average Bonchev–Trinajstić information content (AvgIpc) is 3.14. The van der Waals surface area contributed by atoms with Gasteiger partial charge in [0.2, 0.25) is 11.7 Å². The molecular weight excluding hydrogens is 310 g/mol. The molecule has 0 radical (unpaired) electrons. The monoisotopic (exact) mass is 325 g/mol. The summed E-state index contributed by atoms with van der Waals surface area (Å²) in [5.41, 5.74) is 0.738. The molecule has 4 rings (SSSR count). The summed E-state index contributed by atoms with van der Waals surface area (Å²) in [6, 6.07) is 13.1. The van der Waals surface area contributed by atoms with Crippen LogP contribution in [0.1, 0.15) is 12.0 Å². The Hall–Kier alpha value is -2.77. The first-order valence-corrected chi connectivity index (χ1v) is 7.61. The van der Waals surface area contributed by atoms with E-state index in [-0.39, 0.29) is 6.10 Å². The first-order valence-electron chi connectivity index (χ1n) is 7.61. The van der Waals surface area contributed by atoms with Gasteiger partial charge in [-0.2, -0.15) is 4.98 Å². The minimum atomic E-state index is -0.311. The van der Waals surface area contributed by atoms with Crippen LogP contribution in [0.3, 0.4) is 0 Å². The van der Waals surface area contributed by atoms with E-state index in [1.807, 2.05) is 36.4 Å². The first kappa shape index (κ1) is 14.8. The van der Waals surface area contributed by atoms with E-state index in [4.69, 9.17) is 18.7 Å². The minimum absolute atomic E-state index is 0.311. The molecule has 1 aromatic carbocycles. The molecular formula is C17H15N3O4. The summed E-state index contributed by atoms with van der Waals surface area (Å²) in [5, 5.41) is 3.97. The van der Waals surface area contributed by atoms with Gasteiger partial charge in [-0.25, -0.2) is 4.98 Å². The van der Waals surface area contributed by atoms with Crippen LogP contribution < -0.4 is 4.74 Å². The molecule has 0 unspecified atom stereocenters. The molecule has 7 nitrogen and oxygen atoms in total. The topological polar surface area (TPSA) is 79.5 Å². The number of ether oxygens (including phenoxy) is 3. The lowest BCUT2D eigenvalue weighted by Gasteiger charge is -2.19. The van der Waals surface area contributed by atoms with Crippen LogP contribution in [0.15, 0.2) is 53.2 Å². The minimum Gasteiger partial charge on any atom is -0.439 e. The van der Waals surface area contributed by atoms with Gasteiger partial charge in [-0.15, -0.1) is 0 Å². The lowest BCUT2D eigenvalue weighted by atomic mass is 10.2. The van der Waals surface area contributed by atoms with Crippen molar-refractivity contribution in [2.75, 3.05) is 19.8 Å². The zero-order valence-electron chi connectivity index (χ0n) is 12.8. The lowest BCUT2D eigenvalue weighted by molar-refractivity contribution is -0.101. The van der Waals surface area contributed by atoms with Gasteiger partial charge in [-0.05, 0) is 18.2 Å². The highest BCUT2D eigenvalue weighted by Crippen LogP contribution is 2.24. The number of hydrogen-bond donors (Lipinski definition) is 0. The summed E-state index contributed by atoms with van der Waals surface area (Å²) in [5.74, 6) is 2.10. The summed E-state index contributed by atoms with van der Waals surface area (Å²) < 4.78 is 21.8. The molecule has 1 fully saturated rings. The summed E-state index contributed by atoms with van der Waals surface area (Å²) >= 11 is 0. The van der Waals surface area contributed by atoms with Gasteiger partial charge in [0.05, 0.1) is 19.8 Å². The Morgan fingerprint density at radius 1 is 1.04 bits per heavy atom. The van der Waals surface area contributed by atoms with Gasteiger partial charge < -0.3 is 18.7 Å². The van der Waals surface area contributed by atoms with Gasteiger partial charge in [0.15, 0.2) is 6.10 Å². The highest BCUT2D eigenvalue weighted by Gasteiger charge is 2.23. The third-order valence-corrected chi connectivity index (χ3v) is 3.49. The van der Waals surface area contributed by atoms with Crippen molar-refractivity contribution in [1.29, 1.82) is 0 Å². The molecule has 122 valence electrons. The quantitative estimate of drug-likeness (QED) is 0.729. The van der Waals surface area contributed by atoms with E-state index in [0.717, 1.165) is 11.3 Å². The second-order valence-electron chi connectivity index (χ2n) is 5.19. The summed E-state index contributed by atoms with van der Waals surface area (Å²) in [6.45, 7) is 1.53. The maximum atomic E-state index is 5.66. The van der Waals surface area contributed by atoms with Crippen LogP contribution in [0.4, 0.5) is 0 Å². The standard InChI is InChI=1S/C17H15N3O4/c1-2-4-13(5-3-1)23-15-7-6-12(10-18-15)16-19-17(24-20-16)14-11-21-8-9-22-14/h1-7,10,14H,8-9,11H2/t14-/m1/s1. The van der Waals surface area contributed by atoms with E-state index in [2.05, 4.69) is 15.1 Å². The molecule has 1 saturated heterocycles. The molecule has 1 aliphatic heterocycles. The zero-order valence-corrected chi connectivity index (χ0v) is 12.8. The Morgan fingerprint density at radius 3 is 2.71 bits per heavy atom. The molecule has 0 saturated carbocycles. The number of para-hydroxylation sites is 1. The molecule has 1 aliphatic rings. The van der Waals surface area contributed by atoms with E-state index in [1.165, 1.54) is 0 Å². The van der Waals surface area contributed by atoms with Crippen molar-refractivity contribution in [3.8, 4) is 23.0 Å². The normalized spacial score (nSPS) is 17.6. The Balaban J connectivity index is 1.47. The predicted molar refractivity (Wildman–Crippen MR) is 83.6 cm³/mol. The number of pyridine rings is 1. The van der Waals surface area contributed by atoms with Gasteiger partial charge in [0.25, 0.3) is 5.89 Å². The van der Waals surface area contributed by atoms with Crippen molar-refractivity contribution < 1.29 is 18.7 Å². The average molecular weight is 325 g/mol. The van der Waals surface area contributed by atoms with Crippen LogP contribution in [0, 0.1) is 0 Å². The molecule has 24 heavy (non-hydrogen) atoms. The number of benzene rings is 1. The van der Waals surface area contributed by atoms with E-state index in [1.54, 1.807) is 12.3 Å². The fourth-order valence-corrected chi connectivity index (χ4v) is 2.30. The summed E-state index contributed by atoms with van der Waals surface area (Å²) in [7, 11) is 0. The highest BCUT2D eigenvalue weighted by atomic mass is 16.6. The van der Waals surface area contributed by atoms with Gasteiger partial charge in [-0.1, -0.05) is 23.4 Å².